The van der Waals surface area contributed by atoms with Gasteiger partial charge in [0.05, 0.1) is 26.4 Å². The van der Waals surface area contributed by atoms with Gasteiger partial charge in [-0.1, -0.05) is 0 Å². The van der Waals surface area contributed by atoms with Gasteiger partial charge in [0, 0.05) is 26.7 Å². The highest BCUT2D eigenvalue weighted by Gasteiger charge is 2.24. The Hall–Kier alpha value is -0.650. The molecule has 104 valence electrons. The smallest absolute Gasteiger partial charge is 0.236 e. The molecule has 1 unspecified atom stereocenters. The maximum absolute atomic E-state index is 12.1. The molecule has 2 heterocycles. The maximum Gasteiger partial charge on any atom is 0.236 e. The molecular weight excluding hydrogens is 232 g/mol. The minimum atomic E-state index is 0.247. The molecule has 5 heteroatoms. The summed E-state index contributed by atoms with van der Waals surface area (Å²) in [4.78, 5) is 16.3. The summed E-state index contributed by atoms with van der Waals surface area (Å²) in [6.45, 7) is 6.24. The average molecular weight is 256 g/mol. The van der Waals surface area contributed by atoms with Crippen LogP contribution >= 0.6 is 0 Å². The van der Waals surface area contributed by atoms with Crippen molar-refractivity contribution in [1.82, 2.24) is 9.80 Å². The van der Waals surface area contributed by atoms with Crippen LogP contribution in [-0.4, -0.2) is 75.4 Å². The summed E-state index contributed by atoms with van der Waals surface area (Å²) in [5, 5.41) is 0. The average Bonchev–Trinajstić information content (AvgIpc) is 2.40. The fourth-order valence-electron chi connectivity index (χ4n) is 2.77. The van der Waals surface area contributed by atoms with Crippen molar-refractivity contribution in [1.29, 1.82) is 0 Å². The molecule has 2 fully saturated rings. The van der Waals surface area contributed by atoms with Crippen molar-refractivity contribution in [2.75, 3.05) is 59.7 Å². The van der Waals surface area contributed by atoms with Crippen LogP contribution in [0.25, 0.3) is 0 Å². The molecule has 2 saturated heterocycles. The Morgan fingerprint density at radius 1 is 1.33 bits per heavy atom. The Kier molecular flexibility index (Phi) is 5.41. The molecule has 2 aliphatic heterocycles. The maximum atomic E-state index is 12.1. The van der Waals surface area contributed by atoms with E-state index in [1.165, 1.54) is 12.8 Å². The second-order valence-electron chi connectivity index (χ2n) is 5.19. The summed E-state index contributed by atoms with van der Waals surface area (Å²) in [7, 11) is 1.75. The second kappa shape index (κ2) is 7.07. The van der Waals surface area contributed by atoms with E-state index in [4.69, 9.17) is 9.47 Å². The molecule has 2 rings (SSSR count). The van der Waals surface area contributed by atoms with Crippen molar-refractivity contribution in [3.63, 3.8) is 0 Å². The summed E-state index contributed by atoms with van der Waals surface area (Å²) in [6, 6.07) is 0. The first-order valence-electron chi connectivity index (χ1n) is 6.86. The molecule has 2 aliphatic rings. The summed E-state index contributed by atoms with van der Waals surface area (Å²) in [6.07, 6.45) is 2.39. The fourth-order valence-corrected chi connectivity index (χ4v) is 2.77. The van der Waals surface area contributed by atoms with Gasteiger partial charge in [0.1, 0.15) is 0 Å². The molecule has 0 aromatic heterocycles. The van der Waals surface area contributed by atoms with Crippen LogP contribution in [0.4, 0.5) is 0 Å². The molecule has 5 nitrogen and oxygen atoms in total. The van der Waals surface area contributed by atoms with E-state index in [0.717, 1.165) is 32.8 Å². The molecule has 0 aliphatic carbocycles. The van der Waals surface area contributed by atoms with Crippen molar-refractivity contribution in [2.24, 2.45) is 5.92 Å². The minimum Gasteiger partial charge on any atom is -0.384 e. The van der Waals surface area contributed by atoms with Crippen LogP contribution in [0.1, 0.15) is 12.8 Å². The SMILES string of the molecule is COCC1CCCN(CC(=O)N2CCOCC2)C1. The third kappa shape index (κ3) is 3.93. The van der Waals surface area contributed by atoms with Gasteiger partial charge in [-0.15, -0.1) is 0 Å². The van der Waals surface area contributed by atoms with Gasteiger partial charge in [-0.25, -0.2) is 0 Å². The number of ether oxygens (including phenoxy) is 2. The van der Waals surface area contributed by atoms with Crippen LogP contribution in [0.15, 0.2) is 0 Å². The zero-order valence-electron chi connectivity index (χ0n) is 11.3. The van der Waals surface area contributed by atoms with Crippen molar-refractivity contribution >= 4 is 5.91 Å². The number of morpholine rings is 1. The highest BCUT2D eigenvalue weighted by atomic mass is 16.5. The van der Waals surface area contributed by atoms with Crippen LogP contribution in [0.2, 0.25) is 0 Å². The van der Waals surface area contributed by atoms with E-state index >= 15 is 0 Å². The first-order valence-corrected chi connectivity index (χ1v) is 6.86. The fraction of sp³-hybridized carbons (Fsp3) is 0.923. The van der Waals surface area contributed by atoms with Gasteiger partial charge in [-0.05, 0) is 25.3 Å². The first kappa shape index (κ1) is 13.8. The van der Waals surface area contributed by atoms with E-state index in [2.05, 4.69) is 4.90 Å². The highest BCUT2D eigenvalue weighted by Crippen LogP contribution is 2.16. The number of hydrogen-bond acceptors (Lipinski definition) is 4. The molecule has 0 N–H and O–H groups in total. The number of methoxy groups -OCH3 is 1. The van der Waals surface area contributed by atoms with Gasteiger partial charge < -0.3 is 14.4 Å². The van der Waals surface area contributed by atoms with Crippen LogP contribution in [0.5, 0.6) is 0 Å². The molecule has 0 bridgehead atoms. The summed E-state index contributed by atoms with van der Waals surface area (Å²) in [5.74, 6) is 0.831. The summed E-state index contributed by atoms with van der Waals surface area (Å²) < 4.78 is 10.5. The Morgan fingerprint density at radius 3 is 2.83 bits per heavy atom. The van der Waals surface area contributed by atoms with Crippen LogP contribution < -0.4 is 0 Å². The number of hydrogen-bond donors (Lipinski definition) is 0. The van der Waals surface area contributed by atoms with E-state index in [-0.39, 0.29) is 5.91 Å². The van der Waals surface area contributed by atoms with Gasteiger partial charge in [0.2, 0.25) is 5.91 Å². The lowest BCUT2D eigenvalue weighted by atomic mass is 9.99. The quantitative estimate of drug-likeness (QED) is 0.721. The van der Waals surface area contributed by atoms with E-state index in [9.17, 15) is 4.79 Å². The van der Waals surface area contributed by atoms with Gasteiger partial charge in [-0.2, -0.15) is 0 Å². The molecule has 0 aromatic rings. The number of rotatable bonds is 4. The van der Waals surface area contributed by atoms with Gasteiger partial charge >= 0.3 is 0 Å². The normalized spacial score (nSPS) is 26.3. The number of nitrogens with zero attached hydrogens (tertiary/aromatic N) is 2. The van der Waals surface area contributed by atoms with Gasteiger partial charge in [0.15, 0.2) is 0 Å². The summed E-state index contributed by atoms with van der Waals surface area (Å²) >= 11 is 0. The lowest BCUT2D eigenvalue weighted by Crippen LogP contribution is -2.48. The van der Waals surface area contributed by atoms with Crippen LogP contribution in [0, 0.1) is 5.92 Å². The number of carbonyl (C=O) groups is 1. The summed E-state index contributed by atoms with van der Waals surface area (Å²) in [5.41, 5.74) is 0. The molecule has 0 spiro atoms. The van der Waals surface area contributed by atoms with Crippen molar-refractivity contribution in [3.8, 4) is 0 Å². The topological polar surface area (TPSA) is 42.0 Å². The Morgan fingerprint density at radius 2 is 2.11 bits per heavy atom. The van der Waals surface area contributed by atoms with Crippen LogP contribution in [-0.2, 0) is 14.3 Å². The Bertz CT molecular complexity index is 265. The predicted molar refractivity (Wildman–Crippen MR) is 68.4 cm³/mol. The lowest BCUT2D eigenvalue weighted by molar-refractivity contribution is -0.137. The Balaban J connectivity index is 1.75. The highest BCUT2D eigenvalue weighted by molar-refractivity contribution is 5.78. The molecule has 0 radical (unpaired) electrons. The third-order valence-corrected chi connectivity index (χ3v) is 3.73. The molecule has 1 amide bonds. The van der Waals surface area contributed by atoms with Gasteiger partial charge in [-0.3, -0.25) is 9.69 Å². The largest absolute Gasteiger partial charge is 0.384 e. The van der Waals surface area contributed by atoms with E-state index in [1.54, 1.807) is 7.11 Å². The van der Waals surface area contributed by atoms with E-state index < -0.39 is 0 Å². The van der Waals surface area contributed by atoms with Crippen molar-refractivity contribution < 1.29 is 14.3 Å². The molecule has 18 heavy (non-hydrogen) atoms. The third-order valence-electron chi connectivity index (χ3n) is 3.73. The monoisotopic (exact) mass is 256 g/mol. The predicted octanol–water partition coefficient (Wildman–Crippen LogP) is 0.204. The Labute approximate surface area is 109 Å². The van der Waals surface area contributed by atoms with Crippen molar-refractivity contribution in [3.05, 3.63) is 0 Å². The second-order valence-corrected chi connectivity index (χ2v) is 5.19. The first-order chi connectivity index (χ1) is 8.79. The molecule has 0 saturated carbocycles. The van der Waals surface area contributed by atoms with Gasteiger partial charge in [0.25, 0.3) is 0 Å². The van der Waals surface area contributed by atoms with E-state index in [0.29, 0.717) is 25.7 Å². The zero-order chi connectivity index (χ0) is 12.8. The van der Waals surface area contributed by atoms with E-state index in [1.807, 2.05) is 4.90 Å². The number of amides is 1. The molecular formula is C13H24N2O3. The number of carbonyl (C=O) groups excluding carboxylic acids is 1. The number of piperidine rings is 1. The molecule has 0 aromatic carbocycles. The van der Waals surface area contributed by atoms with Crippen molar-refractivity contribution in [2.45, 2.75) is 12.8 Å². The molecule has 1 atom stereocenters. The number of likely N-dealkylation sites (tertiary alicyclic amines) is 1. The lowest BCUT2D eigenvalue weighted by Gasteiger charge is -2.34. The zero-order valence-corrected chi connectivity index (χ0v) is 11.3. The van der Waals surface area contributed by atoms with Crippen LogP contribution in [0.3, 0.4) is 0 Å². The standard InChI is InChI=1S/C13H24N2O3/c1-17-11-12-3-2-4-14(9-12)10-13(16)15-5-7-18-8-6-15/h12H,2-11H2,1H3. The minimum absolute atomic E-state index is 0.247.